The van der Waals surface area contributed by atoms with Crippen LogP contribution in [0.25, 0.3) is 22.5 Å². The Hall–Kier alpha value is -4.52. The normalized spacial score (nSPS) is 15.5. The first kappa shape index (κ1) is 30.5. The van der Waals surface area contributed by atoms with E-state index < -0.39 is 17.2 Å². The second-order valence-electron chi connectivity index (χ2n) is 11.4. The molecule has 5 heterocycles. The molecule has 6 rings (SSSR count). The molecule has 2 aliphatic heterocycles. The summed E-state index contributed by atoms with van der Waals surface area (Å²) >= 11 is 13.6. The van der Waals surface area contributed by atoms with Crippen molar-refractivity contribution in [2.45, 2.75) is 13.0 Å². The third kappa shape index (κ3) is 5.60. The number of anilines is 1. The molecule has 14 heteroatoms. The number of carbonyl (C=O) groups excluding carboxylic acids is 2. The summed E-state index contributed by atoms with van der Waals surface area (Å²) in [6, 6.07) is 10.5. The first-order chi connectivity index (χ1) is 21.5. The molecule has 2 fully saturated rings. The van der Waals surface area contributed by atoms with Gasteiger partial charge >= 0.3 is 5.69 Å². The SMILES string of the molecule is COc1nc(-c2ccnc(-c3cccc(NC(=O)c4cn(C)c(=O)n(C)c4=O)c3Cl)c2Cl)ccc1CN1CC2(CNC(=O)C2)C1. The average molecular weight is 651 g/mol. The summed E-state index contributed by atoms with van der Waals surface area (Å²) in [5.41, 5.74) is 1.65. The van der Waals surface area contributed by atoms with Crippen molar-refractivity contribution >= 4 is 40.7 Å². The molecule has 0 unspecified atom stereocenters. The van der Waals surface area contributed by atoms with Gasteiger partial charge in [0.1, 0.15) is 5.56 Å². The number of aromatic nitrogens is 4. The molecule has 1 spiro atoms. The van der Waals surface area contributed by atoms with Gasteiger partial charge in [0.05, 0.1) is 34.2 Å². The fourth-order valence-electron chi connectivity index (χ4n) is 5.94. The number of ether oxygens (including phenoxy) is 1. The van der Waals surface area contributed by atoms with Gasteiger partial charge in [-0.2, -0.15) is 0 Å². The zero-order valence-corrected chi connectivity index (χ0v) is 26.2. The molecule has 12 nitrogen and oxygen atoms in total. The molecule has 2 aliphatic rings. The van der Waals surface area contributed by atoms with Crippen molar-refractivity contribution < 1.29 is 14.3 Å². The molecule has 4 aromatic rings. The minimum absolute atomic E-state index is 0.0263. The Morgan fingerprint density at radius 1 is 1.07 bits per heavy atom. The zero-order valence-electron chi connectivity index (χ0n) is 24.7. The Morgan fingerprint density at radius 3 is 2.56 bits per heavy atom. The number of methoxy groups -OCH3 is 1. The van der Waals surface area contributed by atoms with Gasteiger partial charge in [0, 0.05) is 81.2 Å². The number of carbonyl (C=O) groups is 2. The molecular formula is C31H29Cl2N7O5. The highest BCUT2D eigenvalue weighted by molar-refractivity contribution is 6.39. The molecule has 0 aliphatic carbocycles. The first-order valence-corrected chi connectivity index (χ1v) is 14.8. The van der Waals surface area contributed by atoms with Gasteiger partial charge in [-0.25, -0.2) is 9.78 Å². The van der Waals surface area contributed by atoms with E-state index in [1.54, 1.807) is 37.6 Å². The van der Waals surface area contributed by atoms with Crippen LogP contribution in [0.3, 0.4) is 0 Å². The van der Waals surface area contributed by atoms with Crippen LogP contribution in [0.1, 0.15) is 22.3 Å². The Balaban J connectivity index is 1.25. The lowest BCUT2D eigenvalue weighted by atomic mass is 9.79. The minimum Gasteiger partial charge on any atom is -0.481 e. The van der Waals surface area contributed by atoms with Crippen molar-refractivity contribution in [1.29, 1.82) is 0 Å². The van der Waals surface area contributed by atoms with Crippen molar-refractivity contribution in [2.75, 3.05) is 32.1 Å². The third-order valence-electron chi connectivity index (χ3n) is 8.20. The van der Waals surface area contributed by atoms with Crippen LogP contribution in [-0.4, -0.2) is 62.6 Å². The van der Waals surface area contributed by atoms with Crippen molar-refractivity contribution in [3.8, 4) is 28.4 Å². The highest BCUT2D eigenvalue weighted by Crippen LogP contribution is 2.41. The number of hydrogen-bond acceptors (Lipinski definition) is 8. The molecule has 0 bridgehead atoms. The van der Waals surface area contributed by atoms with Gasteiger partial charge in [-0.15, -0.1) is 0 Å². The lowest BCUT2D eigenvalue weighted by Gasteiger charge is -2.47. The number of hydrogen-bond donors (Lipinski definition) is 2. The lowest BCUT2D eigenvalue weighted by Crippen LogP contribution is -2.56. The summed E-state index contributed by atoms with van der Waals surface area (Å²) < 4.78 is 7.64. The van der Waals surface area contributed by atoms with Crippen LogP contribution < -0.4 is 26.6 Å². The highest BCUT2D eigenvalue weighted by Gasteiger charge is 2.48. The first-order valence-electron chi connectivity index (χ1n) is 14.0. The molecule has 232 valence electrons. The summed E-state index contributed by atoms with van der Waals surface area (Å²) in [6.45, 7) is 3.02. The summed E-state index contributed by atoms with van der Waals surface area (Å²) in [5, 5.41) is 6.03. The van der Waals surface area contributed by atoms with Crippen LogP contribution in [0.4, 0.5) is 5.69 Å². The molecule has 0 atom stereocenters. The van der Waals surface area contributed by atoms with Gasteiger partial charge in [0.15, 0.2) is 0 Å². The van der Waals surface area contributed by atoms with Crippen molar-refractivity contribution in [1.82, 2.24) is 29.3 Å². The van der Waals surface area contributed by atoms with E-state index in [1.807, 2.05) is 12.1 Å². The van der Waals surface area contributed by atoms with Gasteiger partial charge < -0.3 is 19.9 Å². The van der Waals surface area contributed by atoms with E-state index in [0.717, 1.165) is 27.8 Å². The summed E-state index contributed by atoms with van der Waals surface area (Å²) in [7, 11) is 4.31. The fourth-order valence-corrected chi connectivity index (χ4v) is 6.51. The van der Waals surface area contributed by atoms with E-state index in [1.165, 1.54) is 20.3 Å². The number of nitrogens with one attached hydrogen (secondary N) is 2. The predicted molar refractivity (Wildman–Crippen MR) is 170 cm³/mol. The maximum Gasteiger partial charge on any atom is 0.330 e. The second kappa shape index (κ2) is 11.8. The van der Waals surface area contributed by atoms with E-state index in [9.17, 15) is 19.2 Å². The monoisotopic (exact) mass is 649 g/mol. The number of rotatable bonds is 7. The Bertz CT molecular complexity index is 1980. The van der Waals surface area contributed by atoms with Gasteiger partial charge in [-0.05, 0) is 18.2 Å². The van der Waals surface area contributed by atoms with Gasteiger partial charge in [0.2, 0.25) is 11.8 Å². The molecule has 1 aromatic carbocycles. The van der Waals surface area contributed by atoms with Crippen LogP contribution in [0.15, 0.2) is 58.4 Å². The van der Waals surface area contributed by atoms with Crippen LogP contribution in [0.2, 0.25) is 10.0 Å². The summed E-state index contributed by atoms with van der Waals surface area (Å²) in [6.07, 6.45) is 3.33. The minimum atomic E-state index is -0.731. The average Bonchev–Trinajstić information content (AvgIpc) is 3.41. The molecule has 45 heavy (non-hydrogen) atoms. The smallest absolute Gasteiger partial charge is 0.330 e. The van der Waals surface area contributed by atoms with Crippen LogP contribution >= 0.6 is 23.2 Å². The van der Waals surface area contributed by atoms with E-state index >= 15 is 0 Å². The lowest BCUT2D eigenvalue weighted by molar-refractivity contribution is -0.120. The van der Waals surface area contributed by atoms with E-state index in [0.29, 0.717) is 52.9 Å². The molecular weight excluding hydrogens is 621 g/mol. The van der Waals surface area contributed by atoms with E-state index in [2.05, 4.69) is 20.5 Å². The summed E-state index contributed by atoms with van der Waals surface area (Å²) in [5.74, 6) is -0.148. The molecule has 2 amide bonds. The third-order valence-corrected chi connectivity index (χ3v) is 8.99. The van der Waals surface area contributed by atoms with Crippen LogP contribution in [0.5, 0.6) is 5.88 Å². The highest BCUT2D eigenvalue weighted by atomic mass is 35.5. The Morgan fingerprint density at radius 2 is 1.84 bits per heavy atom. The second-order valence-corrected chi connectivity index (χ2v) is 12.2. The Kier molecular flexibility index (Phi) is 7.98. The molecule has 2 saturated heterocycles. The molecule has 2 N–H and O–H groups in total. The van der Waals surface area contributed by atoms with Gasteiger partial charge in [0.25, 0.3) is 11.5 Å². The zero-order chi connectivity index (χ0) is 32.0. The van der Waals surface area contributed by atoms with E-state index in [4.69, 9.17) is 32.9 Å². The van der Waals surface area contributed by atoms with Crippen molar-refractivity contribution in [2.24, 2.45) is 19.5 Å². The maximum absolute atomic E-state index is 13.0. The number of likely N-dealkylation sites (tertiary alicyclic amines) is 1. The number of halogens is 2. The van der Waals surface area contributed by atoms with Crippen LogP contribution in [0, 0.1) is 5.41 Å². The fraction of sp³-hybridized carbons (Fsp3) is 0.290. The van der Waals surface area contributed by atoms with Gasteiger partial charge in [-0.1, -0.05) is 41.4 Å². The van der Waals surface area contributed by atoms with Crippen molar-refractivity contribution in [3.63, 3.8) is 0 Å². The van der Waals surface area contributed by atoms with Crippen molar-refractivity contribution in [3.05, 3.63) is 90.8 Å². The molecule has 0 saturated carbocycles. The number of pyridine rings is 2. The number of nitrogens with zero attached hydrogens (tertiary/aromatic N) is 5. The van der Waals surface area contributed by atoms with E-state index in [-0.39, 0.29) is 27.6 Å². The standard InChI is InChI=1S/C31H29Cl2N7O5/c1-38-13-20(29(43)39(2)30(38)44)27(42)36-22-6-4-5-19(24(22)32)26-25(33)18(9-10-34-26)21-8-7-17(28(37-21)45-3)12-40-15-31(16-40)11-23(41)35-14-31/h4-10,13H,11-12,14-16H2,1-3H3,(H,35,41)(H,36,42). The quantitative estimate of drug-likeness (QED) is 0.311. The largest absolute Gasteiger partial charge is 0.481 e. The number of benzene rings is 1. The molecule has 0 radical (unpaired) electrons. The Labute approximate surface area is 267 Å². The van der Waals surface area contributed by atoms with Crippen LogP contribution in [-0.2, 0) is 25.4 Å². The molecule has 3 aromatic heterocycles. The predicted octanol–water partition coefficient (Wildman–Crippen LogP) is 3.10. The topological polar surface area (TPSA) is 140 Å². The number of amides is 2. The maximum atomic E-state index is 13.0. The summed E-state index contributed by atoms with van der Waals surface area (Å²) in [4.78, 5) is 60.8. The number of aryl methyl sites for hydroxylation is 1. The van der Waals surface area contributed by atoms with Gasteiger partial charge in [-0.3, -0.25) is 28.8 Å².